The smallest absolute Gasteiger partial charge is 0.328 e. The zero-order valence-electron chi connectivity index (χ0n) is 21.7. The Kier molecular flexibility index (Phi) is 7.14. The topological polar surface area (TPSA) is 96.6 Å². The van der Waals surface area contributed by atoms with Crippen molar-refractivity contribution in [3.63, 3.8) is 0 Å². The molecule has 1 spiro atoms. The van der Waals surface area contributed by atoms with Gasteiger partial charge in [0.25, 0.3) is 0 Å². The molecule has 0 radical (unpaired) electrons. The van der Waals surface area contributed by atoms with Gasteiger partial charge in [0.1, 0.15) is 16.5 Å². The van der Waals surface area contributed by atoms with Crippen LogP contribution in [0.3, 0.4) is 0 Å². The summed E-state index contributed by atoms with van der Waals surface area (Å²) >= 11 is 3.45. The summed E-state index contributed by atoms with van der Waals surface area (Å²) in [6, 6.07) is 11.5. The summed E-state index contributed by atoms with van der Waals surface area (Å²) in [4.78, 5) is 34.0. The van der Waals surface area contributed by atoms with E-state index < -0.39 is 22.3 Å². The minimum atomic E-state index is -0.994. The van der Waals surface area contributed by atoms with Crippen molar-refractivity contribution in [3.8, 4) is 5.69 Å². The molecule has 1 saturated heterocycles. The van der Waals surface area contributed by atoms with Gasteiger partial charge in [0.2, 0.25) is 0 Å². The van der Waals surface area contributed by atoms with Crippen LogP contribution in [0.5, 0.6) is 0 Å². The van der Waals surface area contributed by atoms with Gasteiger partial charge in [-0.1, -0.05) is 47.3 Å². The molecule has 3 atom stereocenters. The van der Waals surface area contributed by atoms with Crippen LogP contribution in [-0.2, 0) is 16.0 Å². The van der Waals surface area contributed by atoms with Crippen LogP contribution < -0.4 is 5.32 Å². The van der Waals surface area contributed by atoms with Crippen molar-refractivity contribution in [2.45, 2.75) is 68.2 Å². The number of carbonyl (C=O) groups excluding carboxylic acids is 1. The summed E-state index contributed by atoms with van der Waals surface area (Å²) in [5.74, 6) is -0.0417. The highest BCUT2D eigenvalue weighted by molar-refractivity contribution is 9.10. The number of aliphatic imine (C=N–C) groups is 1. The van der Waals surface area contributed by atoms with E-state index in [1.807, 2.05) is 24.3 Å². The maximum atomic E-state index is 14.0. The number of rotatable bonds is 6. The summed E-state index contributed by atoms with van der Waals surface area (Å²) in [5.41, 5.74) is 3.35. The van der Waals surface area contributed by atoms with Crippen LogP contribution in [0.2, 0.25) is 0 Å². The van der Waals surface area contributed by atoms with E-state index in [0.717, 1.165) is 80.6 Å². The van der Waals surface area contributed by atoms with Crippen molar-refractivity contribution in [1.29, 1.82) is 0 Å². The monoisotopic (exact) mass is 594 g/mol. The van der Waals surface area contributed by atoms with Gasteiger partial charge in [-0.25, -0.2) is 14.2 Å². The number of halogens is 2. The largest absolute Gasteiger partial charge is 0.480 e. The molecule has 2 unspecified atom stereocenters. The number of hydrogen-bond acceptors (Lipinski definition) is 5. The molecule has 39 heavy (non-hydrogen) atoms. The zero-order chi connectivity index (χ0) is 27.1. The van der Waals surface area contributed by atoms with E-state index in [9.17, 15) is 19.1 Å². The van der Waals surface area contributed by atoms with Crippen LogP contribution in [-0.4, -0.2) is 56.1 Å². The van der Waals surface area contributed by atoms with E-state index in [2.05, 4.69) is 30.8 Å². The molecule has 0 amide bonds. The number of ketones is 1. The fraction of sp³-hybridized carbons (Fsp3) is 0.467. The van der Waals surface area contributed by atoms with Gasteiger partial charge in [-0.2, -0.15) is 0 Å². The van der Waals surface area contributed by atoms with E-state index in [-0.39, 0.29) is 23.9 Å². The Morgan fingerprint density at radius 1 is 1.18 bits per heavy atom. The Hall–Kier alpha value is -2.91. The summed E-state index contributed by atoms with van der Waals surface area (Å²) in [6.45, 7) is 1.81. The molecule has 1 aliphatic heterocycles. The first kappa shape index (κ1) is 26.3. The number of aliphatic carboxylic acids is 1. The number of Topliss-reactive ketones (excluding diaryl/α,β-unsaturated/α-hetero) is 1. The molecular weight excluding hydrogens is 563 g/mol. The second kappa shape index (κ2) is 10.6. The molecule has 2 saturated carbocycles. The number of piperidine rings is 1. The Balaban J connectivity index is 1.29. The molecule has 1 aromatic heterocycles. The van der Waals surface area contributed by atoms with Crippen LogP contribution in [0.4, 0.5) is 4.39 Å². The van der Waals surface area contributed by atoms with Crippen LogP contribution in [0.25, 0.3) is 16.7 Å². The fourth-order valence-corrected chi connectivity index (χ4v) is 7.55. The van der Waals surface area contributed by atoms with Gasteiger partial charge in [0.05, 0.1) is 16.4 Å². The van der Waals surface area contributed by atoms with E-state index in [0.29, 0.717) is 11.2 Å². The SMILES string of the molecule is O=C(O)[C@H](Cc1ccc(-n2c(C3CCCNC3)nc3cc(F)ccc32)cc1)N=C1C(Br)C(=O)C12CCCCC2. The Morgan fingerprint density at radius 3 is 2.64 bits per heavy atom. The zero-order valence-corrected chi connectivity index (χ0v) is 23.3. The predicted octanol–water partition coefficient (Wildman–Crippen LogP) is 5.37. The highest BCUT2D eigenvalue weighted by Crippen LogP contribution is 2.49. The van der Waals surface area contributed by atoms with Crippen LogP contribution in [0.15, 0.2) is 47.5 Å². The molecule has 6 rings (SSSR count). The summed E-state index contributed by atoms with van der Waals surface area (Å²) in [7, 11) is 0. The number of carboxylic acid groups (broad SMARTS) is 1. The van der Waals surface area contributed by atoms with Gasteiger partial charge in [-0.15, -0.1) is 0 Å². The van der Waals surface area contributed by atoms with E-state index in [4.69, 9.17) is 4.98 Å². The molecule has 3 aromatic rings. The highest BCUT2D eigenvalue weighted by atomic mass is 79.9. The minimum Gasteiger partial charge on any atom is -0.480 e. The lowest BCUT2D eigenvalue weighted by molar-refractivity contribution is -0.138. The van der Waals surface area contributed by atoms with Gasteiger partial charge in [-0.3, -0.25) is 14.4 Å². The summed E-state index contributed by atoms with van der Waals surface area (Å²) < 4.78 is 16.1. The number of nitrogens with zero attached hydrogens (tertiary/aromatic N) is 3. The third kappa shape index (κ3) is 4.73. The van der Waals surface area contributed by atoms with Crippen molar-refractivity contribution >= 4 is 44.4 Å². The van der Waals surface area contributed by atoms with Crippen molar-refractivity contribution < 1.29 is 19.1 Å². The summed E-state index contributed by atoms with van der Waals surface area (Å²) in [5, 5.41) is 13.5. The van der Waals surface area contributed by atoms with Gasteiger partial charge in [0, 0.05) is 36.3 Å². The lowest BCUT2D eigenvalue weighted by Gasteiger charge is -2.47. The van der Waals surface area contributed by atoms with Crippen LogP contribution in [0.1, 0.15) is 62.3 Å². The van der Waals surface area contributed by atoms with E-state index >= 15 is 0 Å². The second-order valence-corrected chi connectivity index (χ2v) is 12.0. The van der Waals surface area contributed by atoms with Crippen LogP contribution >= 0.6 is 15.9 Å². The number of carbonyl (C=O) groups is 2. The predicted molar refractivity (Wildman–Crippen MR) is 152 cm³/mol. The number of aromatic nitrogens is 2. The molecule has 3 fully saturated rings. The highest BCUT2D eigenvalue weighted by Gasteiger charge is 2.58. The molecule has 9 heteroatoms. The standard InChI is InChI=1S/C30H32BrFN4O3/c31-25-26(30(27(25)37)12-2-1-3-13-30)34-23(29(38)39)15-18-6-9-21(10-7-18)36-24-11-8-20(32)16-22(24)35-28(36)19-5-4-14-33-17-19/h6-11,16,19,23,25,33H,1-5,12-15,17H2,(H,38,39)/t19?,23-,25?/m0/s1. The first-order chi connectivity index (χ1) is 18.9. The van der Waals surface area contributed by atoms with Gasteiger partial charge < -0.3 is 10.4 Å². The number of carboxylic acids is 1. The third-order valence-corrected chi connectivity index (χ3v) is 9.50. The first-order valence-corrected chi connectivity index (χ1v) is 14.8. The van der Waals surface area contributed by atoms with Crippen LogP contribution in [0, 0.1) is 11.2 Å². The number of hydrogen-bond donors (Lipinski definition) is 2. The molecule has 2 aromatic carbocycles. The van der Waals surface area contributed by atoms with E-state index in [1.165, 1.54) is 12.1 Å². The normalized spacial score (nSPS) is 24.7. The van der Waals surface area contributed by atoms with Crippen molar-refractivity contribution in [1.82, 2.24) is 14.9 Å². The molecule has 204 valence electrons. The van der Waals surface area contributed by atoms with Crippen molar-refractivity contribution in [3.05, 3.63) is 59.7 Å². The number of nitrogens with one attached hydrogen (secondary N) is 1. The minimum absolute atomic E-state index is 0.144. The Morgan fingerprint density at radius 2 is 1.95 bits per heavy atom. The average molecular weight is 596 g/mol. The van der Waals surface area contributed by atoms with Crippen molar-refractivity contribution in [2.24, 2.45) is 10.4 Å². The Bertz CT molecular complexity index is 1440. The first-order valence-electron chi connectivity index (χ1n) is 13.8. The van der Waals surface area contributed by atoms with Gasteiger partial charge >= 0.3 is 5.97 Å². The number of imidazole rings is 1. The quantitative estimate of drug-likeness (QED) is 0.374. The maximum Gasteiger partial charge on any atom is 0.328 e. The van der Waals surface area contributed by atoms with Crippen molar-refractivity contribution in [2.75, 3.05) is 13.1 Å². The maximum absolute atomic E-state index is 14.0. The molecular formula is C30H32BrFN4O3. The average Bonchev–Trinajstić information content (AvgIpc) is 3.34. The number of alkyl halides is 1. The lowest BCUT2D eigenvalue weighted by Crippen LogP contribution is -2.61. The van der Waals surface area contributed by atoms with Gasteiger partial charge in [-0.05, 0) is 62.1 Å². The van der Waals surface area contributed by atoms with Gasteiger partial charge in [0.15, 0.2) is 11.8 Å². The third-order valence-electron chi connectivity index (χ3n) is 8.65. The molecule has 7 nitrogen and oxygen atoms in total. The molecule has 2 heterocycles. The van der Waals surface area contributed by atoms with E-state index in [1.54, 1.807) is 6.07 Å². The molecule has 2 aliphatic carbocycles. The summed E-state index contributed by atoms with van der Waals surface area (Å²) in [6.07, 6.45) is 6.86. The Labute approximate surface area is 235 Å². The number of benzene rings is 2. The fourth-order valence-electron chi connectivity index (χ4n) is 6.55. The molecule has 3 aliphatic rings. The lowest BCUT2D eigenvalue weighted by atomic mass is 9.58. The molecule has 0 bridgehead atoms. The second-order valence-electron chi connectivity index (χ2n) is 11.1. The molecule has 2 N–H and O–H groups in total. The number of fused-ring (bicyclic) bond motifs is 1.